The number of urea groups is 1. The summed E-state index contributed by atoms with van der Waals surface area (Å²) in [6, 6.07) is 3.91. The second-order valence-electron chi connectivity index (χ2n) is 6.78. The first-order chi connectivity index (χ1) is 11.3. The van der Waals surface area contributed by atoms with Crippen LogP contribution in [0.5, 0.6) is 0 Å². The van der Waals surface area contributed by atoms with Crippen LogP contribution in [0.15, 0.2) is 17.5 Å². The normalized spacial score (nSPS) is 29.2. The van der Waals surface area contributed by atoms with Crippen LogP contribution in [0.1, 0.15) is 43.4 Å². The maximum absolute atomic E-state index is 13.1. The molecule has 2 aliphatic heterocycles. The lowest BCUT2D eigenvalue weighted by Gasteiger charge is -2.45. The monoisotopic (exact) mass is 333 g/mol. The number of nitrogens with zero attached hydrogens (tertiary/aromatic N) is 2. The predicted molar refractivity (Wildman–Crippen MR) is 89.2 cm³/mol. The van der Waals surface area contributed by atoms with Gasteiger partial charge in [-0.05, 0) is 37.3 Å². The molecule has 23 heavy (non-hydrogen) atoms. The molecule has 1 N–H and O–H groups in total. The molecule has 2 atom stereocenters. The maximum Gasteiger partial charge on any atom is 0.327 e. The summed E-state index contributed by atoms with van der Waals surface area (Å²) >= 11 is 1.67. The summed E-state index contributed by atoms with van der Waals surface area (Å²) in [6.45, 7) is 1.43. The highest BCUT2D eigenvalue weighted by molar-refractivity contribution is 7.09. The van der Waals surface area contributed by atoms with Gasteiger partial charge in [0.2, 0.25) is 5.91 Å². The van der Waals surface area contributed by atoms with E-state index in [-0.39, 0.29) is 30.1 Å². The Balaban J connectivity index is 1.61. The molecule has 6 heteroatoms. The molecule has 1 aromatic heterocycles. The molecule has 1 aromatic rings. The molecule has 3 amide bonds. The van der Waals surface area contributed by atoms with Gasteiger partial charge in [0.15, 0.2) is 0 Å². The number of amides is 3. The lowest BCUT2D eigenvalue weighted by molar-refractivity contribution is -0.137. The first-order valence-electron chi connectivity index (χ1n) is 8.65. The van der Waals surface area contributed by atoms with Crippen LogP contribution in [0.25, 0.3) is 0 Å². The number of hydrogen-bond acceptors (Lipinski definition) is 4. The largest absolute Gasteiger partial charge is 0.327 e. The van der Waals surface area contributed by atoms with E-state index >= 15 is 0 Å². The number of fused-ring (bicyclic) bond motifs is 1. The molecule has 0 bridgehead atoms. The predicted octanol–water partition coefficient (Wildman–Crippen LogP) is 2.58. The standard InChI is InChI=1S/C17H23N3O2S/c21-16-15-14(8-9-18-15)19(11-13-7-4-10-23-13)17(22)20(16)12-5-2-1-3-6-12/h4,7,10,12,14-15,18H,1-3,5-6,8-9,11H2/t14-,15+/m1/s1. The minimum atomic E-state index is -0.213. The third-order valence-electron chi connectivity index (χ3n) is 5.39. The smallest absolute Gasteiger partial charge is 0.314 e. The topological polar surface area (TPSA) is 52.7 Å². The van der Waals surface area contributed by atoms with Crippen LogP contribution >= 0.6 is 11.3 Å². The van der Waals surface area contributed by atoms with E-state index in [1.54, 1.807) is 16.2 Å². The van der Waals surface area contributed by atoms with Gasteiger partial charge in [0.25, 0.3) is 0 Å². The van der Waals surface area contributed by atoms with Crippen LogP contribution in [-0.4, -0.2) is 46.4 Å². The number of carbonyl (C=O) groups is 2. The number of hydrogen-bond donors (Lipinski definition) is 1. The molecule has 0 unspecified atom stereocenters. The minimum Gasteiger partial charge on any atom is -0.314 e. The Labute approximate surface area is 140 Å². The molecular formula is C17H23N3O2S. The number of thiophene rings is 1. The summed E-state index contributed by atoms with van der Waals surface area (Å²) in [6.07, 6.45) is 6.24. The average Bonchev–Trinajstić information content (AvgIpc) is 3.24. The van der Waals surface area contributed by atoms with Gasteiger partial charge in [-0.15, -0.1) is 11.3 Å². The Morgan fingerprint density at radius 3 is 2.74 bits per heavy atom. The van der Waals surface area contributed by atoms with E-state index in [1.807, 2.05) is 16.3 Å². The molecule has 124 valence electrons. The van der Waals surface area contributed by atoms with Crippen molar-refractivity contribution in [1.29, 1.82) is 0 Å². The van der Waals surface area contributed by atoms with Crippen molar-refractivity contribution in [2.24, 2.45) is 0 Å². The van der Waals surface area contributed by atoms with Gasteiger partial charge >= 0.3 is 6.03 Å². The molecule has 1 saturated carbocycles. The lowest BCUT2D eigenvalue weighted by Crippen LogP contribution is -2.66. The van der Waals surface area contributed by atoms with E-state index in [1.165, 1.54) is 11.3 Å². The van der Waals surface area contributed by atoms with Crippen LogP contribution in [0, 0.1) is 0 Å². The van der Waals surface area contributed by atoms with Gasteiger partial charge in [0.1, 0.15) is 6.04 Å². The highest BCUT2D eigenvalue weighted by atomic mass is 32.1. The van der Waals surface area contributed by atoms with Crippen LogP contribution in [0.4, 0.5) is 4.79 Å². The lowest BCUT2D eigenvalue weighted by atomic mass is 9.92. The first kappa shape index (κ1) is 15.1. The molecular weight excluding hydrogens is 310 g/mol. The highest BCUT2D eigenvalue weighted by Gasteiger charge is 2.50. The molecule has 3 heterocycles. The Morgan fingerprint density at radius 2 is 2.00 bits per heavy atom. The zero-order valence-electron chi connectivity index (χ0n) is 13.2. The Kier molecular flexibility index (Phi) is 4.11. The van der Waals surface area contributed by atoms with Gasteiger partial charge in [-0.1, -0.05) is 25.3 Å². The van der Waals surface area contributed by atoms with E-state index in [2.05, 4.69) is 11.4 Å². The maximum atomic E-state index is 13.1. The van der Waals surface area contributed by atoms with Crippen molar-refractivity contribution in [3.05, 3.63) is 22.4 Å². The molecule has 0 radical (unpaired) electrons. The fourth-order valence-corrected chi connectivity index (χ4v) is 4.93. The van der Waals surface area contributed by atoms with Crippen molar-refractivity contribution < 1.29 is 9.59 Å². The summed E-state index contributed by atoms with van der Waals surface area (Å²) in [5, 5.41) is 5.37. The van der Waals surface area contributed by atoms with E-state index in [9.17, 15) is 9.59 Å². The fraction of sp³-hybridized carbons (Fsp3) is 0.647. The minimum absolute atomic E-state index is 0.00632. The summed E-state index contributed by atoms with van der Waals surface area (Å²) in [4.78, 5) is 30.7. The van der Waals surface area contributed by atoms with Gasteiger partial charge < -0.3 is 10.2 Å². The first-order valence-corrected chi connectivity index (χ1v) is 9.53. The molecule has 4 rings (SSSR count). The molecule has 3 aliphatic rings. The Hall–Kier alpha value is -1.40. The number of imide groups is 1. The van der Waals surface area contributed by atoms with Crippen LogP contribution in [0.2, 0.25) is 0 Å². The van der Waals surface area contributed by atoms with Crippen molar-refractivity contribution in [3.63, 3.8) is 0 Å². The van der Waals surface area contributed by atoms with E-state index < -0.39 is 0 Å². The third-order valence-corrected chi connectivity index (χ3v) is 6.25. The van der Waals surface area contributed by atoms with E-state index in [4.69, 9.17) is 0 Å². The molecule has 5 nitrogen and oxygen atoms in total. The SMILES string of the molecule is O=C1[C@H]2NCC[C@H]2N(Cc2cccs2)C(=O)N1C1CCCCC1. The number of nitrogens with one attached hydrogen (secondary N) is 1. The van der Waals surface area contributed by atoms with Crippen LogP contribution in [-0.2, 0) is 11.3 Å². The van der Waals surface area contributed by atoms with Gasteiger partial charge in [0, 0.05) is 10.9 Å². The van der Waals surface area contributed by atoms with Crippen molar-refractivity contribution in [3.8, 4) is 0 Å². The zero-order chi connectivity index (χ0) is 15.8. The summed E-state index contributed by atoms with van der Waals surface area (Å²) in [7, 11) is 0. The van der Waals surface area contributed by atoms with Gasteiger partial charge in [0.05, 0.1) is 12.6 Å². The van der Waals surface area contributed by atoms with Gasteiger partial charge in [-0.25, -0.2) is 4.79 Å². The third kappa shape index (κ3) is 2.68. The summed E-state index contributed by atoms with van der Waals surface area (Å²) in [5.41, 5.74) is 0. The van der Waals surface area contributed by atoms with Crippen LogP contribution in [0.3, 0.4) is 0 Å². The van der Waals surface area contributed by atoms with Gasteiger partial charge in [-0.3, -0.25) is 9.69 Å². The Bertz CT molecular complexity index is 583. The summed E-state index contributed by atoms with van der Waals surface area (Å²) in [5.74, 6) is 0.00632. The van der Waals surface area contributed by atoms with Crippen molar-refractivity contribution in [2.75, 3.05) is 6.54 Å². The molecule has 0 spiro atoms. The molecule has 3 fully saturated rings. The molecule has 0 aromatic carbocycles. The number of carbonyl (C=O) groups excluding carboxylic acids is 2. The number of rotatable bonds is 3. The Morgan fingerprint density at radius 1 is 1.17 bits per heavy atom. The van der Waals surface area contributed by atoms with E-state index in [0.29, 0.717) is 6.54 Å². The average molecular weight is 333 g/mol. The van der Waals surface area contributed by atoms with Crippen molar-refractivity contribution in [2.45, 2.75) is 63.2 Å². The molecule has 2 saturated heterocycles. The summed E-state index contributed by atoms with van der Waals surface area (Å²) < 4.78 is 0. The fourth-order valence-electron chi connectivity index (χ4n) is 4.23. The second-order valence-corrected chi connectivity index (χ2v) is 7.81. The zero-order valence-corrected chi connectivity index (χ0v) is 14.1. The van der Waals surface area contributed by atoms with Crippen LogP contribution < -0.4 is 5.32 Å². The van der Waals surface area contributed by atoms with Crippen molar-refractivity contribution in [1.82, 2.24) is 15.1 Å². The highest BCUT2D eigenvalue weighted by Crippen LogP contribution is 2.32. The van der Waals surface area contributed by atoms with E-state index in [0.717, 1.165) is 38.6 Å². The van der Waals surface area contributed by atoms with Crippen molar-refractivity contribution >= 4 is 23.3 Å². The van der Waals surface area contributed by atoms with Gasteiger partial charge in [-0.2, -0.15) is 0 Å². The quantitative estimate of drug-likeness (QED) is 0.925. The molecule has 1 aliphatic carbocycles. The second kappa shape index (κ2) is 6.24.